The zero-order valence-electron chi connectivity index (χ0n) is 21.0. The van der Waals surface area contributed by atoms with Crippen LogP contribution in [0.1, 0.15) is 56.3 Å². The Bertz CT molecular complexity index is 1170. The number of carbonyl (C=O) groups is 3. The normalized spacial score (nSPS) is 24.1. The van der Waals surface area contributed by atoms with Crippen LogP contribution in [0.2, 0.25) is 0 Å². The SMILES string of the molecule is CCC(Oc1ccc(C(=O)C2CC2)cc1)C(=N)/C=N\NC1=CCC(C)(C(=O)N[C@H]2CCNC2=O)C(F)=C1. The molecule has 0 radical (unpaired) electrons. The highest BCUT2D eigenvalue weighted by Crippen LogP contribution is 2.37. The standard InChI is InChI=1S/C27H32FN5O4/c1-3-22(37-19-8-6-17(7-9-19)24(34)16-4-5-16)20(29)15-31-33-18-10-12-27(2,23(28)14-18)26(36)32-21-11-13-30-25(21)35/h6-10,14-16,21-22,29,33H,3-5,11-13H2,1-2H3,(H,30,35)(H,32,36)/b29-20?,31-15-/t21-,22?,27?/m0/s1. The fraction of sp³-hybridized carbons (Fsp3) is 0.444. The van der Waals surface area contributed by atoms with Crippen molar-refractivity contribution >= 4 is 29.5 Å². The van der Waals surface area contributed by atoms with Gasteiger partial charge in [0.1, 0.15) is 29.1 Å². The van der Waals surface area contributed by atoms with Crippen molar-refractivity contribution in [3.8, 4) is 5.75 Å². The molecule has 37 heavy (non-hydrogen) atoms. The van der Waals surface area contributed by atoms with Gasteiger partial charge in [0.05, 0.1) is 17.6 Å². The van der Waals surface area contributed by atoms with Crippen molar-refractivity contribution in [3.05, 3.63) is 53.5 Å². The Morgan fingerprint density at radius 2 is 2.03 bits per heavy atom. The summed E-state index contributed by atoms with van der Waals surface area (Å²) in [5, 5.41) is 17.6. The maximum absolute atomic E-state index is 14.9. The van der Waals surface area contributed by atoms with Gasteiger partial charge in [-0.25, -0.2) is 4.39 Å². The van der Waals surface area contributed by atoms with Gasteiger partial charge in [-0.05, 0) is 69.4 Å². The molecule has 10 heteroatoms. The third kappa shape index (κ3) is 6.12. The smallest absolute Gasteiger partial charge is 0.242 e. The van der Waals surface area contributed by atoms with Crippen LogP contribution >= 0.6 is 0 Å². The number of halogens is 1. The molecule has 4 N–H and O–H groups in total. The van der Waals surface area contributed by atoms with Crippen LogP contribution in [0.15, 0.2) is 53.0 Å². The fourth-order valence-corrected chi connectivity index (χ4v) is 4.16. The molecule has 1 saturated heterocycles. The number of benzene rings is 1. The number of nitrogens with zero attached hydrogens (tertiary/aromatic N) is 1. The maximum Gasteiger partial charge on any atom is 0.242 e. The Balaban J connectivity index is 1.29. The van der Waals surface area contributed by atoms with Crippen LogP contribution in [-0.2, 0) is 9.59 Å². The van der Waals surface area contributed by atoms with Crippen LogP contribution in [-0.4, -0.2) is 48.2 Å². The molecule has 1 aromatic rings. The second-order valence-corrected chi connectivity index (χ2v) is 9.80. The van der Waals surface area contributed by atoms with Gasteiger partial charge < -0.3 is 15.4 Å². The third-order valence-electron chi connectivity index (χ3n) is 6.88. The van der Waals surface area contributed by atoms with Gasteiger partial charge in [0.15, 0.2) is 5.78 Å². The third-order valence-corrected chi connectivity index (χ3v) is 6.88. The van der Waals surface area contributed by atoms with Gasteiger partial charge in [-0.3, -0.25) is 25.2 Å². The minimum atomic E-state index is -1.41. The molecule has 0 aromatic heterocycles. The Morgan fingerprint density at radius 3 is 2.62 bits per heavy atom. The van der Waals surface area contributed by atoms with Crippen LogP contribution < -0.4 is 20.8 Å². The predicted octanol–water partition coefficient (Wildman–Crippen LogP) is 3.18. The lowest BCUT2D eigenvalue weighted by Gasteiger charge is -2.29. The molecule has 1 aromatic carbocycles. The molecule has 0 bridgehead atoms. The molecule has 2 unspecified atom stereocenters. The van der Waals surface area contributed by atoms with Gasteiger partial charge in [0.2, 0.25) is 11.8 Å². The van der Waals surface area contributed by atoms with Crippen molar-refractivity contribution in [1.29, 1.82) is 5.41 Å². The molecule has 0 spiro atoms. The summed E-state index contributed by atoms with van der Waals surface area (Å²) >= 11 is 0. The number of ketones is 1. The van der Waals surface area contributed by atoms with Crippen LogP contribution in [0.4, 0.5) is 4.39 Å². The molecule has 9 nitrogen and oxygen atoms in total. The lowest BCUT2D eigenvalue weighted by molar-refractivity contribution is -0.132. The molecule has 3 atom stereocenters. The molecule has 4 rings (SSSR count). The summed E-state index contributed by atoms with van der Waals surface area (Å²) in [6, 6.07) is 6.30. The molecule has 2 fully saturated rings. The van der Waals surface area contributed by atoms with E-state index in [1.54, 1.807) is 30.3 Å². The predicted molar refractivity (Wildman–Crippen MR) is 137 cm³/mol. The van der Waals surface area contributed by atoms with E-state index < -0.39 is 29.3 Å². The van der Waals surface area contributed by atoms with Crippen molar-refractivity contribution < 1.29 is 23.5 Å². The Kier molecular flexibility index (Phi) is 7.85. The minimum absolute atomic E-state index is 0.0880. The molecule has 1 heterocycles. The fourth-order valence-electron chi connectivity index (χ4n) is 4.16. The summed E-state index contributed by atoms with van der Waals surface area (Å²) in [6.07, 6.45) is 6.58. The monoisotopic (exact) mass is 509 g/mol. The number of ether oxygens (including phenoxy) is 1. The van der Waals surface area contributed by atoms with E-state index in [9.17, 15) is 18.8 Å². The van der Waals surface area contributed by atoms with Gasteiger partial charge in [0, 0.05) is 18.0 Å². The van der Waals surface area contributed by atoms with Crippen molar-refractivity contribution in [2.45, 2.75) is 58.1 Å². The van der Waals surface area contributed by atoms with Gasteiger partial charge >= 0.3 is 0 Å². The lowest BCUT2D eigenvalue weighted by atomic mass is 9.80. The Labute approximate surface area is 215 Å². The largest absolute Gasteiger partial charge is 0.484 e. The average Bonchev–Trinajstić information content (AvgIpc) is 3.67. The molecule has 196 valence electrons. The molecule has 2 aliphatic carbocycles. The molecule has 3 aliphatic rings. The number of hydrazone groups is 1. The van der Waals surface area contributed by atoms with Crippen molar-refractivity contribution in [2.75, 3.05) is 6.54 Å². The van der Waals surface area contributed by atoms with Gasteiger partial charge in [0.25, 0.3) is 0 Å². The number of Topliss-reactive ketones (excluding diaryl/α,β-unsaturated/α-hetero) is 1. The van der Waals surface area contributed by atoms with E-state index in [0.717, 1.165) is 12.8 Å². The summed E-state index contributed by atoms with van der Waals surface area (Å²) in [6.45, 7) is 3.86. The van der Waals surface area contributed by atoms with Gasteiger partial charge in [-0.2, -0.15) is 5.10 Å². The van der Waals surface area contributed by atoms with E-state index in [1.807, 2.05) is 6.92 Å². The topological polar surface area (TPSA) is 133 Å². The van der Waals surface area contributed by atoms with Crippen LogP contribution in [0.25, 0.3) is 0 Å². The average molecular weight is 510 g/mol. The quantitative estimate of drug-likeness (QED) is 0.207. The van der Waals surface area contributed by atoms with Crippen molar-refractivity contribution in [1.82, 2.24) is 16.1 Å². The number of carbonyl (C=O) groups excluding carboxylic acids is 3. The number of nitrogens with one attached hydrogen (secondary N) is 4. The highest BCUT2D eigenvalue weighted by atomic mass is 19.1. The Morgan fingerprint density at radius 1 is 1.30 bits per heavy atom. The number of amides is 2. The first kappa shape index (κ1) is 26.2. The van der Waals surface area contributed by atoms with E-state index in [-0.39, 0.29) is 29.7 Å². The van der Waals surface area contributed by atoms with E-state index in [1.165, 1.54) is 19.2 Å². The zero-order chi connectivity index (χ0) is 26.6. The molecule has 1 saturated carbocycles. The first-order valence-corrected chi connectivity index (χ1v) is 12.6. The highest BCUT2D eigenvalue weighted by Gasteiger charge is 2.41. The molecule has 2 amide bonds. The van der Waals surface area contributed by atoms with Crippen LogP contribution in [0, 0.1) is 16.7 Å². The molecular weight excluding hydrogens is 477 g/mol. The highest BCUT2D eigenvalue weighted by molar-refractivity contribution is 6.31. The second-order valence-electron chi connectivity index (χ2n) is 9.80. The van der Waals surface area contributed by atoms with Gasteiger partial charge in [-0.1, -0.05) is 13.0 Å². The summed E-state index contributed by atoms with van der Waals surface area (Å²) in [5.74, 6) is -0.580. The summed E-state index contributed by atoms with van der Waals surface area (Å²) < 4.78 is 20.8. The molecular formula is C27H32FN5O4. The lowest BCUT2D eigenvalue weighted by Crippen LogP contribution is -2.47. The summed E-state index contributed by atoms with van der Waals surface area (Å²) in [5.41, 5.74) is 2.44. The number of hydrogen-bond acceptors (Lipinski definition) is 7. The van der Waals surface area contributed by atoms with Crippen molar-refractivity contribution in [3.63, 3.8) is 0 Å². The first-order chi connectivity index (χ1) is 17.7. The first-order valence-electron chi connectivity index (χ1n) is 12.6. The number of hydrogen-bond donors (Lipinski definition) is 4. The number of allylic oxidation sites excluding steroid dienone is 2. The van der Waals surface area contributed by atoms with Gasteiger partial charge in [-0.15, -0.1) is 0 Å². The Hall–Kier alpha value is -3.82. The summed E-state index contributed by atoms with van der Waals surface area (Å²) in [7, 11) is 0. The maximum atomic E-state index is 14.9. The van der Waals surface area contributed by atoms with Crippen molar-refractivity contribution in [2.24, 2.45) is 16.4 Å². The van der Waals surface area contributed by atoms with Crippen LogP contribution in [0.3, 0.4) is 0 Å². The minimum Gasteiger partial charge on any atom is -0.484 e. The molecule has 1 aliphatic heterocycles. The van der Waals surface area contributed by atoms with E-state index in [0.29, 0.717) is 36.4 Å². The van der Waals surface area contributed by atoms with E-state index >= 15 is 0 Å². The second kappa shape index (κ2) is 11.1. The van der Waals surface area contributed by atoms with E-state index in [2.05, 4.69) is 21.2 Å². The number of rotatable bonds is 11. The van der Waals surface area contributed by atoms with Crippen LogP contribution in [0.5, 0.6) is 5.75 Å². The zero-order valence-corrected chi connectivity index (χ0v) is 21.0. The summed E-state index contributed by atoms with van der Waals surface area (Å²) in [4.78, 5) is 36.6. The van der Waals surface area contributed by atoms with E-state index in [4.69, 9.17) is 10.1 Å².